The minimum absolute atomic E-state index is 0.154. The average molecular weight is 411 g/mol. The molecule has 0 aliphatic carbocycles. The second-order valence-electron chi connectivity index (χ2n) is 6.72. The third-order valence-electron chi connectivity index (χ3n) is 4.61. The number of hydrogen-bond acceptors (Lipinski definition) is 4. The summed E-state index contributed by atoms with van der Waals surface area (Å²) >= 11 is 0. The standard InChI is InChI=1S/C22H16F3N3O2/c23-22(24,25)17-8-5-14(6-9-17)21-16(12-27-30-21)7-10-20(29)28-18-11-15-3-1-2-4-19(15)26-13-18/h1-6,8-9,11-13H,7,10H2,(H,28,29). The minimum Gasteiger partial charge on any atom is -0.356 e. The molecule has 0 spiro atoms. The molecule has 0 radical (unpaired) electrons. The summed E-state index contributed by atoms with van der Waals surface area (Å²) in [6, 6.07) is 14.0. The van der Waals surface area contributed by atoms with Gasteiger partial charge in [0, 0.05) is 22.9 Å². The summed E-state index contributed by atoms with van der Waals surface area (Å²) in [6.45, 7) is 0. The Morgan fingerprint density at radius 3 is 2.57 bits per heavy atom. The first-order chi connectivity index (χ1) is 14.4. The van der Waals surface area contributed by atoms with Gasteiger partial charge in [-0.25, -0.2) is 0 Å². The number of nitrogens with zero attached hydrogens (tertiary/aromatic N) is 2. The number of amides is 1. The number of para-hydroxylation sites is 1. The number of carbonyl (C=O) groups is 1. The molecule has 30 heavy (non-hydrogen) atoms. The molecule has 2 aromatic heterocycles. The van der Waals surface area contributed by atoms with E-state index in [1.54, 1.807) is 6.20 Å². The van der Waals surface area contributed by atoms with E-state index in [0.29, 0.717) is 29.0 Å². The third kappa shape index (κ3) is 4.32. The number of anilines is 1. The van der Waals surface area contributed by atoms with Gasteiger partial charge < -0.3 is 9.84 Å². The first kappa shape index (κ1) is 19.6. The van der Waals surface area contributed by atoms with Crippen molar-refractivity contribution in [2.45, 2.75) is 19.0 Å². The Labute approximate surface area is 169 Å². The van der Waals surface area contributed by atoms with Crippen molar-refractivity contribution in [3.63, 3.8) is 0 Å². The van der Waals surface area contributed by atoms with Crippen LogP contribution in [0.4, 0.5) is 18.9 Å². The highest BCUT2D eigenvalue weighted by Crippen LogP contribution is 2.32. The predicted molar refractivity (Wildman–Crippen MR) is 106 cm³/mol. The van der Waals surface area contributed by atoms with Gasteiger partial charge in [-0.1, -0.05) is 35.5 Å². The fourth-order valence-electron chi connectivity index (χ4n) is 3.10. The zero-order valence-electron chi connectivity index (χ0n) is 15.6. The molecule has 0 aliphatic rings. The van der Waals surface area contributed by atoms with Crippen LogP contribution >= 0.6 is 0 Å². The van der Waals surface area contributed by atoms with E-state index < -0.39 is 11.7 Å². The molecule has 0 fully saturated rings. The number of nitrogens with one attached hydrogen (secondary N) is 1. The molecule has 2 aromatic carbocycles. The topological polar surface area (TPSA) is 68.0 Å². The van der Waals surface area contributed by atoms with Crippen LogP contribution in [0.3, 0.4) is 0 Å². The summed E-state index contributed by atoms with van der Waals surface area (Å²) in [5.41, 5.74) is 1.79. The van der Waals surface area contributed by atoms with E-state index >= 15 is 0 Å². The summed E-state index contributed by atoms with van der Waals surface area (Å²) < 4.78 is 43.4. The van der Waals surface area contributed by atoms with Gasteiger partial charge in [0.2, 0.25) is 5.91 Å². The number of halogens is 3. The zero-order chi connectivity index (χ0) is 21.1. The molecule has 0 saturated carbocycles. The molecule has 4 aromatic rings. The molecule has 2 heterocycles. The highest BCUT2D eigenvalue weighted by molar-refractivity contribution is 5.93. The molecule has 0 atom stereocenters. The van der Waals surface area contributed by atoms with Crippen LogP contribution in [-0.4, -0.2) is 16.0 Å². The Hall–Kier alpha value is -3.68. The second-order valence-corrected chi connectivity index (χ2v) is 6.72. The Bertz CT molecular complexity index is 1180. The number of alkyl halides is 3. The molecule has 0 unspecified atom stereocenters. The predicted octanol–water partition coefficient (Wildman–Crippen LogP) is 5.48. The molecular formula is C22H16F3N3O2. The lowest BCUT2D eigenvalue weighted by Gasteiger charge is -2.08. The van der Waals surface area contributed by atoms with Crippen LogP contribution in [0.2, 0.25) is 0 Å². The fraction of sp³-hybridized carbons (Fsp3) is 0.136. The van der Waals surface area contributed by atoms with Crippen molar-refractivity contribution in [2.75, 3.05) is 5.32 Å². The first-order valence-electron chi connectivity index (χ1n) is 9.16. The summed E-state index contributed by atoms with van der Waals surface area (Å²) in [7, 11) is 0. The van der Waals surface area contributed by atoms with Crippen molar-refractivity contribution in [3.05, 3.63) is 78.1 Å². The third-order valence-corrected chi connectivity index (χ3v) is 4.61. The molecule has 5 nitrogen and oxygen atoms in total. The molecule has 152 valence electrons. The van der Waals surface area contributed by atoms with Crippen molar-refractivity contribution in [1.82, 2.24) is 10.1 Å². The van der Waals surface area contributed by atoms with Crippen LogP contribution < -0.4 is 5.32 Å². The number of aryl methyl sites for hydroxylation is 1. The van der Waals surface area contributed by atoms with Gasteiger partial charge in [0.15, 0.2) is 5.76 Å². The minimum atomic E-state index is -4.40. The smallest absolute Gasteiger partial charge is 0.356 e. The van der Waals surface area contributed by atoms with Crippen LogP contribution in [-0.2, 0) is 17.4 Å². The maximum absolute atomic E-state index is 12.7. The first-order valence-corrected chi connectivity index (χ1v) is 9.16. The Morgan fingerprint density at radius 2 is 1.80 bits per heavy atom. The number of pyridine rings is 1. The maximum Gasteiger partial charge on any atom is 0.416 e. The van der Waals surface area contributed by atoms with Gasteiger partial charge >= 0.3 is 6.18 Å². The van der Waals surface area contributed by atoms with Crippen LogP contribution in [0.25, 0.3) is 22.2 Å². The maximum atomic E-state index is 12.7. The van der Waals surface area contributed by atoms with Crippen LogP contribution in [0.5, 0.6) is 0 Å². The van der Waals surface area contributed by atoms with Crippen molar-refractivity contribution in [1.29, 1.82) is 0 Å². The van der Waals surface area contributed by atoms with Crippen molar-refractivity contribution in [2.24, 2.45) is 0 Å². The van der Waals surface area contributed by atoms with E-state index in [1.807, 2.05) is 30.3 Å². The van der Waals surface area contributed by atoms with E-state index in [9.17, 15) is 18.0 Å². The average Bonchev–Trinajstić information content (AvgIpc) is 3.20. The van der Waals surface area contributed by atoms with Crippen molar-refractivity contribution >= 4 is 22.5 Å². The fourth-order valence-corrected chi connectivity index (χ4v) is 3.10. The normalized spacial score (nSPS) is 11.6. The Morgan fingerprint density at radius 1 is 1.03 bits per heavy atom. The molecule has 4 rings (SSSR count). The van der Waals surface area contributed by atoms with Gasteiger partial charge in [0.05, 0.1) is 29.2 Å². The van der Waals surface area contributed by atoms with Crippen LogP contribution in [0, 0.1) is 0 Å². The van der Waals surface area contributed by atoms with Crippen molar-refractivity contribution < 1.29 is 22.5 Å². The SMILES string of the molecule is O=C(CCc1cnoc1-c1ccc(C(F)(F)F)cc1)Nc1cnc2ccccc2c1. The Balaban J connectivity index is 1.42. The molecule has 0 saturated heterocycles. The monoisotopic (exact) mass is 411 g/mol. The number of fused-ring (bicyclic) bond motifs is 1. The lowest BCUT2D eigenvalue weighted by atomic mass is 10.0. The molecule has 0 bridgehead atoms. The Kier molecular flexibility index (Phi) is 5.22. The summed E-state index contributed by atoms with van der Waals surface area (Å²) in [5, 5.41) is 7.44. The molecule has 0 aliphatic heterocycles. The van der Waals surface area contributed by atoms with Gasteiger partial charge in [0.25, 0.3) is 0 Å². The summed E-state index contributed by atoms with van der Waals surface area (Å²) in [5.74, 6) is 0.135. The molecular weight excluding hydrogens is 395 g/mol. The highest BCUT2D eigenvalue weighted by atomic mass is 19.4. The van der Waals surface area contributed by atoms with Crippen LogP contribution in [0.15, 0.2) is 71.5 Å². The lowest BCUT2D eigenvalue weighted by Crippen LogP contribution is -2.12. The molecule has 1 amide bonds. The summed E-state index contributed by atoms with van der Waals surface area (Å²) in [4.78, 5) is 16.6. The van der Waals surface area contributed by atoms with Crippen LogP contribution in [0.1, 0.15) is 17.5 Å². The van der Waals surface area contributed by atoms with Gasteiger partial charge in [-0.3, -0.25) is 9.78 Å². The largest absolute Gasteiger partial charge is 0.416 e. The van der Waals surface area contributed by atoms with Gasteiger partial charge in [-0.05, 0) is 30.7 Å². The number of carbonyl (C=O) groups excluding carboxylic acids is 1. The molecule has 8 heteroatoms. The van der Waals surface area contributed by atoms with E-state index in [2.05, 4.69) is 15.5 Å². The number of aromatic nitrogens is 2. The second kappa shape index (κ2) is 7.98. The van der Waals surface area contributed by atoms with E-state index in [-0.39, 0.29) is 12.3 Å². The van der Waals surface area contributed by atoms with Gasteiger partial charge in [-0.2, -0.15) is 13.2 Å². The number of benzene rings is 2. The van der Waals surface area contributed by atoms with E-state index in [0.717, 1.165) is 23.0 Å². The highest BCUT2D eigenvalue weighted by Gasteiger charge is 2.30. The van der Waals surface area contributed by atoms with E-state index in [4.69, 9.17) is 4.52 Å². The number of rotatable bonds is 5. The van der Waals surface area contributed by atoms with Crippen molar-refractivity contribution in [3.8, 4) is 11.3 Å². The van der Waals surface area contributed by atoms with Gasteiger partial charge in [0.1, 0.15) is 0 Å². The molecule has 1 N–H and O–H groups in total. The summed E-state index contributed by atoms with van der Waals surface area (Å²) in [6.07, 6.45) is -0.863. The number of hydrogen-bond donors (Lipinski definition) is 1. The quantitative estimate of drug-likeness (QED) is 0.472. The van der Waals surface area contributed by atoms with Gasteiger partial charge in [-0.15, -0.1) is 0 Å². The van der Waals surface area contributed by atoms with E-state index in [1.165, 1.54) is 18.3 Å². The lowest BCUT2D eigenvalue weighted by molar-refractivity contribution is -0.137. The zero-order valence-corrected chi connectivity index (χ0v) is 15.6.